The van der Waals surface area contributed by atoms with Crippen LogP contribution in [0.1, 0.15) is 45.8 Å². The molecule has 0 aliphatic heterocycles. The van der Waals surface area contributed by atoms with E-state index in [4.69, 9.17) is 4.42 Å². The lowest BCUT2D eigenvalue weighted by Gasteiger charge is -2.14. The maximum atomic E-state index is 12.4. The minimum Gasteiger partial charge on any atom is -0.452 e. The lowest BCUT2D eigenvalue weighted by atomic mass is 10.0. The van der Waals surface area contributed by atoms with E-state index in [2.05, 4.69) is 39.8 Å². The molecule has 0 bridgehead atoms. The lowest BCUT2D eigenvalue weighted by molar-refractivity contribution is 0.468. The number of furan rings is 1. The SMILES string of the molecule is CNCc1cc(S(=O)(=O)NC(C)CCCC(C)C)c(Br)o1. The smallest absolute Gasteiger partial charge is 0.245 e. The van der Waals surface area contributed by atoms with Crippen molar-refractivity contribution in [1.29, 1.82) is 0 Å². The Labute approximate surface area is 136 Å². The molecule has 0 aliphatic rings. The van der Waals surface area contributed by atoms with E-state index in [-0.39, 0.29) is 15.6 Å². The monoisotopic (exact) mass is 380 g/mol. The quantitative estimate of drug-likeness (QED) is 0.689. The molecule has 5 nitrogen and oxygen atoms in total. The zero-order chi connectivity index (χ0) is 16.0. The summed E-state index contributed by atoms with van der Waals surface area (Å²) in [6.07, 6.45) is 2.95. The molecule has 1 unspecified atom stereocenters. The third-order valence-corrected chi connectivity index (χ3v) is 5.57. The Hall–Kier alpha value is -0.370. The summed E-state index contributed by atoms with van der Waals surface area (Å²) in [5, 5.41) is 2.93. The second kappa shape index (κ2) is 8.31. The van der Waals surface area contributed by atoms with Gasteiger partial charge < -0.3 is 9.73 Å². The minimum absolute atomic E-state index is 0.0942. The topological polar surface area (TPSA) is 71.3 Å². The highest BCUT2D eigenvalue weighted by atomic mass is 79.9. The van der Waals surface area contributed by atoms with E-state index >= 15 is 0 Å². The van der Waals surface area contributed by atoms with Crippen molar-refractivity contribution >= 4 is 26.0 Å². The number of hydrogen-bond donors (Lipinski definition) is 2. The van der Waals surface area contributed by atoms with Crippen molar-refractivity contribution in [3.63, 3.8) is 0 Å². The maximum absolute atomic E-state index is 12.4. The highest BCUT2D eigenvalue weighted by Crippen LogP contribution is 2.26. The summed E-state index contributed by atoms with van der Waals surface area (Å²) in [5.74, 6) is 1.22. The second-order valence-corrected chi connectivity index (χ2v) is 8.13. The van der Waals surface area contributed by atoms with Crippen LogP contribution in [0.3, 0.4) is 0 Å². The minimum atomic E-state index is -3.56. The molecule has 7 heteroatoms. The van der Waals surface area contributed by atoms with Gasteiger partial charge in [-0.25, -0.2) is 13.1 Å². The number of sulfonamides is 1. The van der Waals surface area contributed by atoms with Crippen LogP contribution in [0.4, 0.5) is 0 Å². The van der Waals surface area contributed by atoms with Crippen molar-refractivity contribution in [2.75, 3.05) is 7.05 Å². The van der Waals surface area contributed by atoms with Gasteiger partial charge in [0.2, 0.25) is 10.0 Å². The van der Waals surface area contributed by atoms with E-state index in [1.165, 1.54) is 0 Å². The van der Waals surface area contributed by atoms with Crippen LogP contribution in [-0.4, -0.2) is 21.5 Å². The van der Waals surface area contributed by atoms with Crippen molar-refractivity contribution in [2.24, 2.45) is 5.92 Å². The molecule has 1 atom stereocenters. The fraction of sp³-hybridized carbons (Fsp3) is 0.714. The third kappa shape index (κ3) is 6.10. The number of halogens is 1. The summed E-state index contributed by atoms with van der Waals surface area (Å²) in [5.41, 5.74) is 0. The standard InChI is InChI=1S/C14H25BrN2O3S/c1-10(2)6-5-7-11(3)17-21(18,19)13-8-12(9-16-4)20-14(13)15/h8,10-11,16-17H,5-7,9H2,1-4H3. The van der Waals surface area contributed by atoms with Crippen LogP contribution in [0.2, 0.25) is 0 Å². The van der Waals surface area contributed by atoms with Crippen LogP contribution in [0.25, 0.3) is 0 Å². The van der Waals surface area contributed by atoms with E-state index in [1.54, 1.807) is 13.1 Å². The third-order valence-electron chi connectivity index (χ3n) is 3.12. The van der Waals surface area contributed by atoms with Crippen molar-refractivity contribution in [2.45, 2.75) is 57.5 Å². The van der Waals surface area contributed by atoms with Gasteiger partial charge in [0.1, 0.15) is 10.7 Å². The Morgan fingerprint density at radius 1 is 1.29 bits per heavy atom. The Bertz CT molecular complexity index is 540. The van der Waals surface area contributed by atoms with E-state index < -0.39 is 10.0 Å². The molecule has 0 aromatic carbocycles. The molecule has 1 aromatic rings. The van der Waals surface area contributed by atoms with Gasteiger partial charge in [-0.05, 0) is 42.2 Å². The largest absolute Gasteiger partial charge is 0.452 e. The summed E-state index contributed by atoms with van der Waals surface area (Å²) in [7, 11) is -1.78. The van der Waals surface area contributed by atoms with Gasteiger partial charge in [0.15, 0.2) is 4.67 Å². The maximum Gasteiger partial charge on any atom is 0.245 e. The normalized spacial score (nSPS) is 13.8. The molecule has 1 rings (SSSR count). The van der Waals surface area contributed by atoms with Gasteiger partial charge in [0.25, 0.3) is 0 Å². The molecular formula is C14H25BrN2O3S. The van der Waals surface area contributed by atoms with Crippen LogP contribution < -0.4 is 10.0 Å². The van der Waals surface area contributed by atoms with Crippen molar-refractivity contribution in [1.82, 2.24) is 10.0 Å². The molecule has 2 N–H and O–H groups in total. The number of nitrogens with one attached hydrogen (secondary N) is 2. The molecule has 122 valence electrons. The first kappa shape index (κ1) is 18.7. The number of hydrogen-bond acceptors (Lipinski definition) is 4. The van der Waals surface area contributed by atoms with Gasteiger partial charge >= 0.3 is 0 Å². The highest BCUT2D eigenvalue weighted by Gasteiger charge is 2.24. The van der Waals surface area contributed by atoms with Crippen LogP contribution in [0.15, 0.2) is 20.0 Å². The Kier molecular flexibility index (Phi) is 7.39. The van der Waals surface area contributed by atoms with Crippen LogP contribution in [-0.2, 0) is 16.6 Å². The van der Waals surface area contributed by atoms with E-state index in [0.29, 0.717) is 18.2 Å². The summed E-state index contributed by atoms with van der Waals surface area (Å²) in [6, 6.07) is 1.45. The average Bonchev–Trinajstić information content (AvgIpc) is 2.70. The Balaban J connectivity index is 2.68. The number of rotatable bonds is 9. The molecule has 1 heterocycles. The molecule has 1 aromatic heterocycles. The van der Waals surface area contributed by atoms with Crippen LogP contribution in [0.5, 0.6) is 0 Å². The summed E-state index contributed by atoms with van der Waals surface area (Å²) >= 11 is 3.17. The fourth-order valence-corrected chi connectivity index (χ4v) is 4.34. The molecule has 21 heavy (non-hydrogen) atoms. The molecule has 0 spiro atoms. The molecular weight excluding hydrogens is 356 g/mol. The van der Waals surface area contributed by atoms with Gasteiger partial charge in [-0.2, -0.15) is 0 Å². The van der Waals surface area contributed by atoms with Gasteiger partial charge in [-0.3, -0.25) is 0 Å². The molecule has 0 fully saturated rings. The van der Waals surface area contributed by atoms with E-state index in [1.807, 2.05) is 6.92 Å². The van der Waals surface area contributed by atoms with Gasteiger partial charge in [-0.15, -0.1) is 0 Å². The van der Waals surface area contributed by atoms with Crippen molar-refractivity contribution < 1.29 is 12.8 Å². The van der Waals surface area contributed by atoms with Gasteiger partial charge in [-0.1, -0.05) is 26.7 Å². The molecule has 0 saturated heterocycles. The zero-order valence-electron chi connectivity index (χ0n) is 13.1. The zero-order valence-corrected chi connectivity index (χ0v) is 15.5. The highest BCUT2D eigenvalue weighted by molar-refractivity contribution is 9.10. The predicted octanol–water partition coefficient (Wildman–Crippen LogP) is 3.25. The summed E-state index contributed by atoms with van der Waals surface area (Å²) in [4.78, 5) is 0.156. The molecule has 0 radical (unpaired) electrons. The average molecular weight is 381 g/mol. The summed E-state index contributed by atoms with van der Waals surface area (Å²) in [6.45, 7) is 6.71. The second-order valence-electron chi connectivity index (χ2n) is 5.73. The van der Waals surface area contributed by atoms with Crippen LogP contribution in [0, 0.1) is 5.92 Å². The first-order valence-corrected chi connectivity index (χ1v) is 9.49. The Morgan fingerprint density at radius 2 is 1.95 bits per heavy atom. The Morgan fingerprint density at radius 3 is 2.52 bits per heavy atom. The predicted molar refractivity (Wildman–Crippen MR) is 87.6 cm³/mol. The lowest BCUT2D eigenvalue weighted by Crippen LogP contribution is -2.32. The van der Waals surface area contributed by atoms with Crippen LogP contribution >= 0.6 is 15.9 Å². The van der Waals surface area contributed by atoms with E-state index in [9.17, 15) is 8.42 Å². The molecule has 0 saturated carbocycles. The molecule has 0 aliphatic carbocycles. The first-order chi connectivity index (χ1) is 9.76. The van der Waals surface area contributed by atoms with Crippen molar-refractivity contribution in [3.05, 3.63) is 16.5 Å². The first-order valence-electron chi connectivity index (χ1n) is 7.21. The summed E-state index contributed by atoms with van der Waals surface area (Å²) < 4.78 is 33.0. The molecule has 0 amide bonds. The van der Waals surface area contributed by atoms with E-state index in [0.717, 1.165) is 19.3 Å². The fourth-order valence-electron chi connectivity index (χ4n) is 2.06. The van der Waals surface area contributed by atoms with Crippen molar-refractivity contribution in [3.8, 4) is 0 Å². The van der Waals surface area contributed by atoms with Gasteiger partial charge in [0.05, 0.1) is 6.54 Å². The van der Waals surface area contributed by atoms with Gasteiger partial charge in [0, 0.05) is 12.1 Å².